The van der Waals surface area contributed by atoms with Crippen molar-refractivity contribution < 1.29 is 29.3 Å². The van der Waals surface area contributed by atoms with E-state index in [2.05, 4.69) is 26.5 Å². The molecule has 2 aliphatic rings. The molecule has 0 amide bonds. The maximum Gasteiger partial charge on any atom is 0.334 e. The fraction of sp³-hybridized carbons (Fsp3) is 0.480. The maximum atomic E-state index is 12.5. The molecule has 0 radical (unpaired) electrons. The van der Waals surface area contributed by atoms with Crippen LogP contribution in [0.5, 0.6) is 0 Å². The van der Waals surface area contributed by atoms with E-state index in [1.807, 2.05) is 20.8 Å². The summed E-state index contributed by atoms with van der Waals surface area (Å²) in [7, 11) is 0. The van der Waals surface area contributed by atoms with E-state index < -0.39 is 40.4 Å². The van der Waals surface area contributed by atoms with Gasteiger partial charge < -0.3 is 14.9 Å². The number of rotatable bonds is 7. The lowest BCUT2D eigenvalue weighted by Gasteiger charge is -2.48. The van der Waals surface area contributed by atoms with E-state index in [-0.39, 0.29) is 12.3 Å². The first-order valence-electron chi connectivity index (χ1n) is 10.5. The molecule has 0 spiro atoms. The highest BCUT2D eigenvalue weighted by atomic mass is 16.5. The van der Waals surface area contributed by atoms with Crippen LogP contribution in [0.3, 0.4) is 0 Å². The summed E-state index contributed by atoms with van der Waals surface area (Å²) in [5.41, 5.74) is -1.90. The van der Waals surface area contributed by atoms with Gasteiger partial charge in [-0.3, -0.25) is 4.79 Å². The van der Waals surface area contributed by atoms with Crippen molar-refractivity contribution in [2.24, 2.45) is 17.3 Å². The van der Waals surface area contributed by atoms with Gasteiger partial charge in [0.05, 0.1) is 5.57 Å². The average molecular weight is 429 g/mol. The lowest BCUT2D eigenvalue weighted by molar-refractivity contribution is -0.148. The van der Waals surface area contributed by atoms with Crippen molar-refractivity contribution in [2.75, 3.05) is 0 Å². The smallest absolute Gasteiger partial charge is 0.334 e. The van der Waals surface area contributed by atoms with Crippen molar-refractivity contribution in [1.29, 1.82) is 0 Å². The Morgan fingerprint density at radius 3 is 2.61 bits per heavy atom. The number of aliphatic hydroxyl groups is 1. The maximum absolute atomic E-state index is 12.5. The monoisotopic (exact) mass is 428 g/mol. The number of ketones is 1. The highest BCUT2D eigenvalue weighted by Gasteiger charge is 2.54. The van der Waals surface area contributed by atoms with Crippen LogP contribution in [0.1, 0.15) is 47.5 Å². The molecule has 5 atom stereocenters. The van der Waals surface area contributed by atoms with Crippen LogP contribution >= 0.6 is 0 Å². The van der Waals surface area contributed by atoms with Crippen molar-refractivity contribution in [3.05, 3.63) is 59.8 Å². The Bertz CT molecular complexity index is 905. The van der Waals surface area contributed by atoms with Gasteiger partial charge in [0.15, 0.2) is 11.4 Å². The topological polar surface area (TPSA) is 101 Å². The second-order valence-electron chi connectivity index (χ2n) is 8.88. The molecule has 0 aliphatic heterocycles. The number of hydrogen-bond donors (Lipinski definition) is 2. The third kappa shape index (κ3) is 4.96. The van der Waals surface area contributed by atoms with E-state index in [1.165, 1.54) is 12.2 Å². The van der Waals surface area contributed by atoms with Crippen molar-refractivity contribution in [2.45, 2.75) is 59.2 Å². The van der Waals surface area contributed by atoms with E-state index in [0.717, 1.165) is 12.0 Å². The standard InChI is InChI=1S/C25H32O6/c1-7-15(2)12-16(3)8-11-22(27)31-20-10-9-19-13-21(26)25(30,18(5)23(28)29)14-24(19,6)17(20)4/h8-13,15,17,20,30H,5,7,14H2,1-4,6H3,(H,28,29)/t15-,17-,20-,24+,25+/m0/s1. The van der Waals surface area contributed by atoms with Gasteiger partial charge in [0, 0.05) is 17.4 Å². The average Bonchev–Trinajstić information content (AvgIpc) is 2.70. The van der Waals surface area contributed by atoms with Crippen LogP contribution in [0.4, 0.5) is 0 Å². The molecule has 0 unspecified atom stereocenters. The zero-order valence-electron chi connectivity index (χ0n) is 18.8. The van der Waals surface area contributed by atoms with Gasteiger partial charge in [-0.25, -0.2) is 9.59 Å². The molecule has 0 bridgehead atoms. The summed E-state index contributed by atoms with van der Waals surface area (Å²) in [6.45, 7) is 13.2. The second-order valence-corrected chi connectivity index (χ2v) is 8.88. The normalized spacial score (nSPS) is 31.7. The largest absolute Gasteiger partial charge is 0.478 e. The van der Waals surface area contributed by atoms with Gasteiger partial charge in [-0.15, -0.1) is 0 Å². The molecule has 6 heteroatoms. The van der Waals surface area contributed by atoms with E-state index in [4.69, 9.17) is 4.74 Å². The van der Waals surface area contributed by atoms with Crippen LogP contribution in [0.25, 0.3) is 0 Å². The first-order valence-corrected chi connectivity index (χ1v) is 10.5. The Kier molecular flexibility index (Phi) is 7.27. The van der Waals surface area contributed by atoms with Crippen molar-refractivity contribution in [3.63, 3.8) is 0 Å². The number of carboxylic acids is 1. The molecule has 31 heavy (non-hydrogen) atoms. The van der Waals surface area contributed by atoms with Crippen molar-refractivity contribution in [1.82, 2.24) is 0 Å². The molecule has 6 nitrogen and oxygen atoms in total. The van der Waals surface area contributed by atoms with Gasteiger partial charge in [0.25, 0.3) is 0 Å². The SMILES string of the molecule is C=C(C(=O)O)[C@]1(O)C[C@@]2(C)C(=CC1=O)C=C[C@H](OC(=O)C=CC(C)=C[C@@H](C)CC)[C@@H]2C. The summed E-state index contributed by atoms with van der Waals surface area (Å²) >= 11 is 0. The number of esters is 1. The third-order valence-corrected chi connectivity index (χ3v) is 6.62. The van der Waals surface area contributed by atoms with Crippen LogP contribution < -0.4 is 0 Å². The molecule has 2 rings (SSSR count). The van der Waals surface area contributed by atoms with Gasteiger partial charge in [0.1, 0.15) is 6.10 Å². The summed E-state index contributed by atoms with van der Waals surface area (Å²) in [4.78, 5) is 36.3. The van der Waals surface area contributed by atoms with Crippen molar-refractivity contribution in [3.8, 4) is 0 Å². The number of hydrogen-bond acceptors (Lipinski definition) is 5. The zero-order chi connectivity index (χ0) is 23.6. The Balaban J connectivity index is 2.23. The first kappa shape index (κ1) is 24.5. The molecule has 0 fully saturated rings. The first-order chi connectivity index (χ1) is 14.3. The number of carbonyl (C=O) groups is 3. The fourth-order valence-electron chi connectivity index (χ4n) is 4.10. The molecule has 0 saturated carbocycles. The quantitative estimate of drug-likeness (QED) is 0.362. The van der Waals surface area contributed by atoms with Gasteiger partial charge in [0.2, 0.25) is 0 Å². The summed E-state index contributed by atoms with van der Waals surface area (Å²) in [5, 5.41) is 20.2. The minimum Gasteiger partial charge on any atom is -0.478 e. The predicted octanol–water partition coefficient (Wildman–Crippen LogP) is 3.93. The number of carbonyl (C=O) groups excluding carboxylic acids is 2. The fourth-order valence-corrected chi connectivity index (χ4v) is 4.10. The summed E-state index contributed by atoms with van der Waals surface area (Å²) in [6.07, 6.45) is 10.1. The van der Waals surface area contributed by atoms with E-state index in [9.17, 15) is 24.6 Å². The summed E-state index contributed by atoms with van der Waals surface area (Å²) in [6, 6.07) is 0. The Hall–Kier alpha value is -2.73. The molecule has 0 aromatic heterocycles. The molecular weight excluding hydrogens is 396 g/mol. The molecule has 0 saturated heterocycles. The molecule has 2 N–H and O–H groups in total. The molecule has 168 valence electrons. The minimum atomic E-state index is -2.20. The van der Waals surface area contributed by atoms with E-state index in [0.29, 0.717) is 11.5 Å². The van der Waals surface area contributed by atoms with E-state index >= 15 is 0 Å². The van der Waals surface area contributed by atoms with Crippen LogP contribution in [0, 0.1) is 17.3 Å². The minimum absolute atomic E-state index is 0.151. The van der Waals surface area contributed by atoms with Crippen LogP contribution in [0.2, 0.25) is 0 Å². The number of ether oxygens (including phenoxy) is 1. The lowest BCUT2D eigenvalue weighted by atomic mass is 9.57. The van der Waals surface area contributed by atoms with Gasteiger partial charge in [-0.1, -0.05) is 64.5 Å². The number of fused-ring (bicyclic) bond motifs is 1. The van der Waals surface area contributed by atoms with Gasteiger partial charge in [-0.2, -0.15) is 0 Å². The summed E-state index contributed by atoms with van der Waals surface area (Å²) < 4.78 is 5.63. The lowest BCUT2D eigenvalue weighted by Crippen LogP contribution is -2.53. The number of carboxylic acid groups (broad SMARTS) is 1. The highest BCUT2D eigenvalue weighted by molar-refractivity contribution is 6.08. The van der Waals surface area contributed by atoms with Crippen molar-refractivity contribution >= 4 is 17.7 Å². The van der Waals surface area contributed by atoms with Crippen LogP contribution in [-0.2, 0) is 19.1 Å². The summed E-state index contributed by atoms with van der Waals surface area (Å²) in [5.74, 6) is -2.51. The molecule has 0 heterocycles. The zero-order valence-corrected chi connectivity index (χ0v) is 18.8. The Morgan fingerprint density at radius 1 is 1.39 bits per heavy atom. The molecule has 0 aromatic carbocycles. The second kappa shape index (κ2) is 9.18. The molecule has 2 aliphatic carbocycles. The third-order valence-electron chi connectivity index (χ3n) is 6.62. The Labute approximate surface area is 183 Å². The number of allylic oxidation sites excluding steroid dienone is 5. The van der Waals surface area contributed by atoms with Gasteiger partial charge in [-0.05, 0) is 37.0 Å². The highest BCUT2D eigenvalue weighted by Crippen LogP contribution is 2.52. The predicted molar refractivity (Wildman–Crippen MR) is 118 cm³/mol. The number of aliphatic carboxylic acids is 1. The molecular formula is C25H32O6. The molecule has 0 aromatic rings. The Morgan fingerprint density at radius 2 is 2.03 bits per heavy atom. The van der Waals surface area contributed by atoms with Gasteiger partial charge >= 0.3 is 11.9 Å². The van der Waals surface area contributed by atoms with Crippen LogP contribution in [-0.4, -0.2) is 39.6 Å². The van der Waals surface area contributed by atoms with E-state index in [1.54, 1.807) is 18.2 Å². The van der Waals surface area contributed by atoms with Crippen LogP contribution in [0.15, 0.2) is 59.8 Å².